The molecule has 2 heterocycles. The van der Waals surface area contributed by atoms with Gasteiger partial charge in [0.25, 0.3) is 23.7 Å². The average molecular weight is 378 g/mol. The van der Waals surface area contributed by atoms with Gasteiger partial charge in [-0.05, 0) is 41.5 Å². The number of aliphatic imine (C=N–C) groups is 1. The topological polar surface area (TPSA) is 125 Å². The van der Waals surface area contributed by atoms with Gasteiger partial charge in [0.15, 0.2) is 6.40 Å². The summed E-state index contributed by atoms with van der Waals surface area (Å²) in [6.45, 7) is 2.44. The molecule has 4 rings (SSSR count). The fourth-order valence-corrected chi connectivity index (χ4v) is 2.06. The molecule has 2 aromatic carbocycles. The van der Waals surface area contributed by atoms with E-state index in [9.17, 15) is 0 Å². The maximum atomic E-state index is 5.30. The first-order valence-corrected chi connectivity index (χ1v) is 8.44. The Morgan fingerprint density at radius 3 is 2.00 bits per heavy atom. The van der Waals surface area contributed by atoms with E-state index in [1.807, 2.05) is 67.6 Å². The van der Waals surface area contributed by atoms with Crippen LogP contribution in [0.15, 0.2) is 74.7 Å². The van der Waals surface area contributed by atoms with Gasteiger partial charge in [-0.2, -0.15) is 15.0 Å². The van der Waals surface area contributed by atoms with Crippen molar-refractivity contribution in [3.05, 3.63) is 60.7 Å². The second-order valence-corrected chi connectivity index (χ2v) is 5.28. The van der Waals surface area contributed by atoms with Gasteiger partial charge < -0.3 is 19.5 Å². The summed E-state index contributed by atoms with van der Waals surface area (Å²) in [5, 5.41) is 7.19. The van der Waals surface area contributed by atoms with Gasteiger partial charge in [-0.1, -0.05) is 36.4 Å². The highest BCUT2D eigenvalue weighted by molar-refractivity contribution is 5.55. The molecule has 142 valence electrons. The average Bonchev–Trinajstić information content (AvgIpc) is 3.39. The Morgan fingerprint density at radius 2 is 1.46 bits per heavy atom. The van der Waals surface area contributed by atoms with Gasteiger partial charge in [0.05, 0.1) is 6.61 Å². The Morgan fingerprint density at radius 1 is 0.893 bits per heavy atom. The summed E-state index contributed by atoms with van der Waals surface area (Å²) in [5.41, 5.74) is 7.04. The molecule has 0 atom stereocenters. The van der Waals surface area contributed by atoms with Gasteiger partial charge in [0, 0.05) is 11.1 Å². The summed E-state index contributed by atoms with van der Waals surface area (Å²) in [4.78, 5) is 11.9. The smallest absolute Gasteiger partial charge is 0.292 e. The molecule has 0 fully saturated rings. The molecule has 0 spiro atoms. The quantitative estimate of drug-likeness (QED) is 0.411. The van der Waals surface area contributed by atoms with Crippen molar-refractivity contribution in [3.8, 4) is 22.9 Å². The normalized spacial score (nSPS) is 10.5. The summed E-state index contributed by atoms with van der Waals surface area (Å²) >= 11 is 0. The number of hydrogen-bond acceptors (Lipinski definition) is 9. The summed E-state index contributed by atoms with van der Waals surface area (Å²) in [5.74, 6) is 1.32. The predicted octanol–water partition coefficient (Wildman–Crippen LogP) is 3.75. The minimum Gasteiger partial charge on any atom is -0.483 e. The number of nitrogens with two attached hydrogens (primary N) is 1. The van der Waals surface area contributed by atoms with E-state index in [2.05, 4.69) is 25.3 Å². The number of hydrogen-bond donors (Lipinski definition) is 1. The number of anilines is 1. The molecular formula is C19H18N6O3. The van der Waals surface area contributed by atoms with Crippen LogP contribution < -0.4 is 5.73 Å². The fourth-order valence-electron chi connectivity index (χ4n) is 2.06. The van der Waals surface area contributed by atoms with Crippen LogP contribution in [-0.2, 0) is 4.74 Å². The first kappa shape index (κ1) is 18.8. The molecule has 9 nitrogen and oxygen atoms in total. The van der Waals surface area contributed by atoms with Crippen molar-refractivity contribution >= 4 is 18.3 Å². The highest BCUT2D eigenvalue weighted by Crippen LogP contribution is 2.18. The molecule has 0 amide bonds. The Balaban J connectivity index is 0.000000167. The third-order valence-corrected chi connectivity index (χ3v) is 3.31. The lowest BCUT2D eigenvalue weighted by atomic mass is 10.2. The lowest BCUT2D eigenvalue weighted by Gasteiger charge is -1.90. The molecule has 0 bridgehead atoms. The number of nitrogen functional groups attached to an aromatic ring is 1. The third kappa shape index (κ3) is 5.24. The van der Waals surface area contributed by atoms with Crippen LogP contribution in [0.25, 0.3) is 22.9 Å². The zero-order valence-corrected chi connectivity index (χ0v) is 15.1. The van der Waals surface area contributed by atoms with Crippen LogP contribution in [0.2, 0.25) is 0 Å². The van der Waals surface area contributed by atoms with E-state index >= 15 is 0 Å². The van der Waals surface area contributed by atoms with Crippen molar-refractivity contribution in [2.45, 2.75) is 6.92 Å². The van der Waals surface area contributed by atoms with Gasteiger partial charge in [-0.25, -0.2) is 0 Å². The van der Waals surface area contributed by atoms with E-state index in [-0.39, 0.29) is 11.9 Å². The minimum absolute atomic E-state index is 0.161. The fraction of sp³-hybridized carbons (Fsp3) is 0.105. The molecule has 0 saturated heterocycles. The van der Waals surface area contributed by atoms with Crippen LogP contribution in [0.3, 0.4) is 0 Å². The molecule has 0 unspecified atom stereocenters. The lowest BCUT2D eigenvalue weighted by molar-refractivity contribution is 0.343. The van der Waals surface area contributed by atoms with E-state index in [0.29, 0.717) is 18.4 Å². The number of nitrogens with zero attached hydrogens (tertiary/aromatic N) is 5. The second kappa shape index (κ2) is 9.62. The zero-order valence-electron chi connectivity index (χ0n) is 15.1. The maximum absolute atomic E-state index is 5.30. The molecule has 28 heavy (non-hydrogen) atoms. The van der Waals surface area contributed by atoms with Gasteiger partial charge in [-0.15, -0.1) is 0 Å². The van der Waals surface area contributed by atoms with Crippen LogP contribution in [0.5, 0.6) is 0 Å². The van der Waals surface area contributed by atoms with Crippen molar-refractivity contribution in [1.29, 1.82) is 0 Å². The molecular weight excluding hydrogens is 360 g/mol. The first-order valence-electron chi connectivity index (χ1n) is 8.44. The Labute approximate surface area is 160 Å². The number of rotatable bonds is 5. The lowest BCUT2D eigenvalue weighted by Crippen LogP contribution is -1.85. The molecule has 2 N–H and O–H groups in total. The van der Waals surface area contributed by atoms with Crippen molar-refractivity contribution in [2.75, 3.05) is 12.3 Å². The molecule has 0 aliphatic rings. The van der Waals surface area contributed by atoms with E-state index in [1.54, 1.807) is 0 Å². The van der Waals surface area contributed by atoms with Gasteiger partial charge in [0.1, 0.15) is 0 Å². The molecule has 0 radical (unpaired) electrons. The Bertz CT molecular complexity index is 999. The number of ether oxygens (including phenoxy) is 1. The predicted molar refractivity (Wildman–Crippen MR) is 104 cm³/mol. The molecule has 0 saturated carbocycles. The highest BCUT2D eigenvalue weighted by atomic mass is 16.5. The van der Waals surface area contributed by atoms with Crippen molar-refractivity contribution in [1.82, 2.24) is 20.3 Å². The Hall–Kier alpha value is -4.01. The highest BCUT2D eigenvalue weighted by Gasteiger charge is 2.06. The first-order chi connectivity index (χ1) is 13.8. The summed E-state index contributed by atoms with van der Waals surface area (Å²) in [7, 11) is 0. The molecule has 4 aromatic rings. The third-order valence-electron chi connectivity index (χ3n) is 3.31. The number of benzene rings is 2. The minimum atomic E-state index is 0.161. The zero-order chi connectivity index (χ0) is 19.6. The molecule has 2 aromatic heterocycles. The molecule has 0 aliphatic carbocycles. The van der Waals surface area contributed by atoms with Crippen molar-refractivity contribution < 1.29 is 13.8 Å². The molecule has 9 heteroatoms. The summed E-state index contributed by atoms with van der Waals surface area (Å²) in [6.07, 6.45) is 1.31. The van der Waals surface area contributed by atoms with Gasteiger partial charge in [-0.3, -0.25) is 0 Å². The van der Waals surface area contributed by atoms with Crippen molar-refractivity contribution in [2.24, 2.45) is 4.99 Å². The van der Waals surface area contributed by atoms with E-state index < -0.39 is 0 Å². The SMILES string of the molecule is CCOC=Nc1noc(-c2ccccc2)n1.Nc1noc(-c2ccccc2)n1. The van der Waals surface area contributed by atoms with E-state index in [0.717, 1.165) is 11.1 Å². The summed E-state index contributed by atoms with van der Waals surface area (Å²) in [6, 6.07) is 19.0. The Kier molecular flexibility index (Phi) is 6.45. The van der Waals surface area contributed by atoms with E-state index in [1.165, 1.54) is 6.40 Å². The van der Waals surface area contributed by atoms with Crippen LogP contribution >= 0.6 is 0 Å². The largest absolute Gasteiger partial charge is 0.483 e. The maximum Gasteiger partial charge on any atom is 0.292 e. The van der Waals surface area contributed by atoms with Crippen LogP contribution in [0, 0.1) is 0 Å². The van der Waals surface area contributed by atoms with Crippen LogP contribution in [0.4, 0.5) is 11.9 Å². The van der Waals surface area contributed by atoms with Gasteiger partial charge in [0.2, 0.25) is 0 Å². The molecule has 0 aliphatic heterocycles. The number of aromatic nitrogens is 4. The van der Waals surface area contributed by atoms with E-state index in [4.69, 9.17) is 19.5 Å². The standard InChI is InChI=1S/C11H11N3O2.C8H7N3O/c1-2-15-8-12-11-13-10(16-14-11)9-6-4-3-5-7-9;9-8-10-7(12-11-8)6-4-2-1-3-5-6/h3-8H,2H2,1H3;1-5H,(H2,9,11). The van der Waals surface area contributed by atoms with Crippen molar-refractivity contribution in [3.63, 3.8) is 0 Å². The van der Waals surface area contributed by atoms with Crippen LogP contribution in [0.1, 0.15) is 6.92 Å². The second-order valence-electron chi connectivity index (χ2n) is 5.28. The monoisotopic (exact) mass is 378 g/mol. The van der Waals surface area contributed by atoms with Crippen LogP contribution in [-0.4, -0.2) is 33.3 Å². The van der Waals surface area contributed by atoms with Gasteiger partial charge >= 0.3 is 0 Å². The summed E-state index contributed by atoms with van der Waals surface area (Å²) < 4.78 is 14.9.